The number of amides is 1. The number of carbonyl (C=O) groups excluding carboxylic acids is 1. The number of carbonyl (C=O) groups is 1. The van der Waals surface area contributed by atoms with E-state index in [1.165, 1.54) is 5.56 Å². The molecule has 0 spiro atoms. The Hall–Kier alpha value is -1.89. The smallest absolute Gasteiger partial charge is 0.276 e. The third-order valence-electron chi connectivity index (χ3n) is 4.97. The lowest BCUT2D eigenvalue weighted by Crippen LogP contribution is -2.32. The molecule has 1 amide bonds. The van der Waals surface area contributed by atoms with Crippen LogP contribution in [0.25, 0.3) is 0 Å². The Labute approximate surface area is 167 Å². The quantitative estimate of drug-likeness (QED) is 0.760. The number of rotatable bonds is 7. The van der Waals surface area contributed by atoms with Crippen LogP contribution < -0.4 is 10.6 Å². The molecule has 27 heavy (non-hydrogen) atoms. The van der Waals surface area contributed by atoms with Crippen LogP contribution in [0.3, 0.4) is 0 Å². The second-order valence-electron chi connectivity index (χ2n) is 6.80. The molecule has 1 unspecified atom stereocenters. The highest BCUT2D eigenvalue weighted by Crippen LogP contribution is 2.17. The van der Waals surface area contributed by atoms with E-state index in [1.807, 2.05) is 29.1 Å². The van der Waals surface area contributed by atoms with Gasteiger partial charge in [0.2, 0.25) is 0 Å². The minimum Gasteiger partial charge on any atom is -0.321 e. The Balaban J connectivity index is 0.00000261. The molecule has 2 heterocycles. The number of anilines is 1. The summed E-state index contributed by atoms with van der Waals surface area (Å²) in [6.07, 6.45) is 4.15. The fourth-order valence-electron chi connectivity index (χ4n) is 3.37. The molecule has 0 saturated carbocycles. The van der Waals surface area contributed by atoms with Gasteiger partial charge in [-0.15, -0.1) is 12.4 Å². The minimum absolute atomic E-state index is 0. The Kier molecular flexibility index (Phi) is 8.28. The summed E-state index contributed by atoms with van der Waals surface area (Å²) in [6.45, 7) is 9.22. The molecular weight excluding hydrogens is 362 g/mol. The number of halogens is 1. The van der Waals surface area contributed by atoms with Crippen molar-refractivity contribution in [2.45, 2.75) is 39.3 Å². The zero-order valence-electron chi connectivity index (χ0n) is 16.1. The highest BCUT2D eigenvalue weighted by molar-refractivity contribution is 6.02. The monoisotopic (exact) mass is 391 g/mol. The number of benzene rings is 1. The first-order chi connectivity index (χ1) is 12.7. The number of hydrogen-bond donors (Lipinski definition) is 2. The molecule has 2 N–H and O–H groups in total. The lowest BCUT2D eigenvalue weighted by molar-refractivity contribution is 0.102. The van der Waals surface area contributed by atoms with Crippen LogP contribution in [0.15, 0.2) is 36.5 Å². The third-order valence-corrected chi connectivity index (χ3v) is 4.97. The summed E-state index contributed by atoms with van der Waals surface area (Å²) in [7, 11) is 0. The molecule has 1 saturated heterocycles. The molecule has 1 aliphatic rings. The second kappa shape index (κ2) is 10.4. The van der Waals surface area contributed by atoms with E-state index < -0.39 is 0 Å². The summed E-state index contributed by atoms with van der Waals surface area (Å²) in [5, 5.41) is 10.8. The SMILES string of the molecule is CCN(CC)Cc1cccc(NC(=O)c2ccn(C3CCCNC3)n2)c1.Cl. The number of nitrogens with one attached hydrogen (secondary N) is 2. The molecule has 6 nitrogen and oxygen atoms in total. The summed E-state index contributed by atoms with van der Waals surface area (Å²) in [5.41, 5.74) is 2.48. The van der Waals surface area contributed by atoms with Crippen LogP contribution in [-0.2, 0) is 6.54 Å². The van der Waals surface area contributed by atoms with Crippen LogP contribution in [-0.4, -0.2) is 46.8 Å². The fraction of sp³-hybridized carbons (Fsp3) is 0.500. The van der Waals surface area contributed by atoms with Crippen LogP contribution in [0.5, 0.6) is 0 Å². The van der Waals surface area contributed by atoms with Crippen LogP contribution in [0.1, 0.15) is 48.8 Å². The highest BCUT2D eigenvalue weighted by Gasteiger charge is 2.17. The first-order valence-electron chi connectivity index (χ1n) is 9.58. The molecule has 148 valence electrons. The van der Waals surface area contributed by atoms with E-state index in [-0.39, 0.29) is 18.3 Å². The van der Waals surface area contributed by atoms with Crippen LogP contribution in [0.4, 0.5) is 5.69 Å². The molecule has 1 aromatic carbocycles. The topological polar surface area (TPSA) is 62.2 Å². The van der Waals surface area contributed by atoms with Crippen molar-refractivity contribution in [3.63, 3.8) is 0 Å². The van der Waals surface area contributed by atoms with E-state index in [0.29, 0.717) is 11.7 Å². The van der Waals surface area contributed by atoms with Crippen molar-refractivity contribution in [3.05, 3.63) is 47.8 Å². The average molecular weight is 392 g/mol. The Morgan fingerprint density at radius 1 is 1.33 bits per heavy atom. The predicted octanol–water partition coefficient (Wildman–Crippen LogP) is 3.32. The first-order valence-corrected chi connectivity index (χ1v) is 9.58. The van der Waals surface area contributed by atoms with Crippen molar-refractivity contribution in [2.24, 2.45) is 0 Å². The molecule has 2 aromatic rings. The Morgan fingerprint density at radius 2 is 2.15 bits per heavy atom. The molecule has 7 heteroatoms. The zero-order chi connectivity index (χ0) is 18.4. The first kappa shape index (κ1) is 21.4. The van der Waals surface area contributed by atoms with Crippen molar-refractivity contribution >= 4 is 24.0 Å². The summed E-state index contributed by atoms with van der Waals surface area (Å²) in [4.78, 5) is 14.9. The van der Waals surface area contributed by atoms with E-state index in [2.05, 4.69) is 40.5 Å². The minimum atomic E-state index is -0.160. The zero-order valence-corrected chi connectivity index (χ0v) is 17.0. The van der Waals surface area contributed by atoms with Gasteiger partial charge in [0.15, 0.2) is 5.69 Å². The molecule has 1 atom stereocenters. The van der Waals surface area contributed by atoms with Gasteiger partial charge < -0.3 is 10.6 Å². The normalized spacial score (nSPS) is 16.8. The van der Waals surface area contributed by atoms with Gasteiger partial charge in [-0.2, -0.15) is 5.10 Å². The van der Waals surface area contributed by atoms with Gasteiger partial charge in [0.25, 0.3) is 5.91 Å². The van der Waals surface area contributed by atoms with Crippen LogP contribution in [0, 0.1) is 0 Å². The lowest BCUT2D eigenvalue weighted by atomic mass is 10.1. The lowest BCUT2D eigenvalue weighted by Gasteiger charge is -2.22. The van der Waals surface area contributed by atoms with E-state index in [0.717, 1.165) is 51.3 Å². The third kappa shape index (κ3) is 5.79. The molecule has 3 rings (SSSR count). The van der Waals surface area contributed by atoms with Crippen molar-refractivity contribution in [1.82, 2.24) is 20.0 Å². The van der Waals surface area contributed by atoms with Gasteiger partial charge in [-0.25, -0.2) is 0 Å². The van der Waals surface area contributed by atoms with Gasteiger partial charge in [0.05, 0.1) is 6.04 Å². The summed E-state index contributed by atoms with van der Waals surface area (Å²) >= 11 is 0. The van der Waals surface area contributed by atoms with Crippen molar-refractivity contribution < 1.29 is 4.79 Å². The molecule has 0 aliphatic carbocycles. The molecule has 1 aliphatic heterocycles. The predicted molar refractivity (Wildman–Crippen MR) is 112 cm³/mol. The average Bonchev–Trinajstić information content (AvgIpc) is 3.17. The molecule has 1 aromatic heterocycles. The summed E-state index contributed by atoms with van der Waals surface area (Å²) in [5.74, 6) is -0.160. The number of piperidine rings is 1. The maximum atomic E-state index is 12.5. The van der Waals surface area contributed by atoms with E-state index in [9.17, 15) is 4.79 Å². The number of aromatic nitrogens is 2. The van der Waals surface area contributed by atoms with Gasteiger partial charge in [0.1, 0.15) is 0 Å². The van der Waals surface area contributed by atoms with Gasteiger partial charge in [-0.3, -0.25) is 14.4 Å². The van der Waals surface area contributed by atoms with Gasteiger partial charge in [-0.05, 0) is 56.2 Å². The van der Waals surface area contributed by atoms with Crippen molar-refractivity contribution in [3.8, 4) is 0 Å². The maximum Gasteiger partial charge on any atom is 0.276 e. The van der Waals surface area contributed by atoms with E-state index in [4.69, 9.17) is 0 Å². The Morgan fingerprint density at radius 3 is 2.85 bits per heavy atom. The molecular formula is C20H30ClN5O. The second-order valence-corrected chi connectivity index (χ2v) is 6.80. The fourth-order valence-corrected chi connectivity index (χ4v) is 3.37. The van der Waals surface area contributed by atoms with Gasteiger partial charge in [-0.1, -0.05) is 26.0 Å². The number of hydrogen-bond acceptors (Lipinski definition) is 4. The van der Waals surface area contributed by atoms with Crippen molar-refractivity contribution in [2.75, 3.05) is 31.5 Å². The highest BCUT2D eigenvalue weighted by atomic mass is 35.5. The molecule has 0 bridgehead atoms. The maximum absolute atomic E-state index is 12.5. The Bertz CT molecular complexity index is 723. The summed E-state index contributed by atoms with van der Waals surface area (Å²) < 4.78 is 1.91. The number of nitrogens with zero attached hydrogens (tertiary/aromatic N) is 3. The summed E-state index contributed by atoms with van der Waals surface area (Å²) in [6, 6.07) is 10.2. The standard InChI is InChI=1S/C20H29N5O.ClH/c1-3-24(4-2)15-16-7-5-8-17(13-16)22-20(26)19-10-12-25(23-19)18-9-6-11-21-14-18;/h5,7-8,10,12-13,18,21H,3-4,6,9,11,14-15H2,1-2H3,(H,22,26);1H. The van der Waals surface area contributed by atoms with E-state index >= 15 is 0 Å². The molecule has 0 radical (unpaired) electrons. The van der Waals surface area contributed by atoms with Crippen LogP contribution >= 0.6 is 12.4 Å². The van der Waals surface area contributed by atoms with Crippen molar-refractivity contribution in [1.29, 1.82) is 0 Å². The van der Waals surface area contributed by atoms with Gasteiger partial charge >= 0.3 is 0 Å². The van der Waals surface area contributed by atoms with E-state index in [1.54, 1.807) is 6.07 Å². The van der Waals surface area contributed by atoms with Crippen LogP contribution in [0.2, 0.25) is 0 Å². The molecule has 1 fully saturated rings. The largest absolute Gasteiger partial charge is 0.321 e. The van der Waals surface area contributed by atoms with Gasteiger partial charge in [0, 0.05) is 25.0 Å².